The van der Waals surface area contributed by atoms with E-state index >= 15 is 0 Å². The maximum atomic E-state index is 8.35. The molecule has 0 aliphatic heterocycles. The molecule has 0 atom stereocenters. The monoisotopic (exact) mass is 141 g/mol. The fourth-order valence-corrected chi connectivity index (χ4v) is 0.277. The van der Waals surface area contributed by atoms with E-state index in [0.29, 0.717) is 6.54 Å². The van der Waals surface area contributed by atoms with Gasteiger partial charge in [-0.2, -0.15) is 0 Å². The molecule has 0 fully saturated rings. The highest BCUT2D eigenvalue weighted by atomic mass is 16.3. The number of amidine groups is 1. The standard InChI is InChI=1S/C6H11N3O/c1-2-3-8-5-9-6(7)4-10/h2,5,10H,1,3-4H2,(H2,7,8,9). The van der Waals surface area contributed by atoms with Crippen LogP contribution in [0.25, 0.3) is 0 Å². The van der Waals surface area contributed by atoms with Crippen LogP contribution >= 0.6 is 0 Å². The van der Waals surface area contributed by atoms with Crippen LogP contribution in [0.3, 0.4) is 0 Å². The second-order valence-electron chi connectivity index (χ2n) is 1.55. The van der Waals surface area contributed by atoms with Gasteiger partial charge in [0.2, 0.25) is 0 Å². The van der Waals surface area contributed by atoms with Gasteiger partial charge in [-0.05, 0) is 0 Å². The molecule has 0 aromatic heterocycles. The van der Waals surface area contributed by atoms with E-state index in [1.54, 1.807) is 6.08 Å². The molecule has 4 nitrogen and oxygen atoms in total. The zero-order valence-corrected chi connectivity index (χ0v) is 5.70. The Morgan fingerprint density at radius 2 is 2.40 bits per heavy atom. The molecule has 0 saturated heterocycles. The summed E-state index contributed by atoms with van der Waals surface area (Å²) in [6.07, 6.45) is 2.94. The molecular formula is C6H11N3O. The lowest BCUT2D eigenvalue weighted by Gasteiger charge is -1.87. The molecule has 0 spiro atoms. The van der Waals surface area contributed by atoms with E-state index in [1.807, 2.05) is 0 Å². The van der Waals surface area contributed by atoms with Crippen molar-refractivity contribution in [2.24, 2.45) is 15.7 Å². The van der Waals surface area contributed by atoms with Gasteiger partial charge in [0.05, 0.1) is 6.54 Å². The maximum Gasteiger partial charge on any atom is 0.127 e. The van der Waals surface area contributed by atoms with Gasteiger partial charge in [-0.15, -0.1) is 6.58 Å². The lowest BCUT2D eigenvalue weighted by Crippen LogP contribution is -2.16. The van der Waals surface area contributed by atoms with E-state index in [4.69, 9.17) is 10.8 Å². The van der Waals surface area contributed by atoms with Crippen LogP contribution in [0.4, 0.5) is 0 Å². The van der Waals surface area contributed by atoms with Crippen LogP contribution in [0, 0.1) is 0 Å². The molecule has 3 N–H and O–H groups in total. The quantitative estimate of drug-likeness (QED) is 0.316. The summed E-state index contributed by atoms with van der Waals surface area (Å²) in [7, 11) is 0. The molecule has 0 saturated carbocycles. The second-order valence-corrected chi connectivity index (χ2v) is 1.55. The van der Waals surface area contributed by atoms with E-state index in [9.17, 15) is 0 Å². The average Bonchev–Trinajstić information content (AvgIpc) is 1.98. The van der Waals surface area contributed by atoms with Gasteiger partial charge in [-0.3, -0.25) is 4.99 Å². The summed E-state index contributed by atoms with van der Waals surface area (Å²) >= 11 is 0. The SMILES string of the molecule is C=CCN=CN=C(N)CO. The Morgan fingerprint density at radius 1 is 1.70 bits per heavy atom. The zero-order valence-electron chi connectivity index (χ0n) is 5.70. The third-order valence-electron chi connectivity index (χ3n) is 0.702. The number of aliphatic imine (C=N–C) groups is 2. The average molecular weight is 141 g/mol. The summed E-state index contributed by atoms with van der Waals surface area (Å²) < 4.78 is 0. The molecule has 0 aliphatic carbocycles. The van der Waals surface area contributed by atoms with Gasteiger partial charge >= 0.3 is 0 Å². The fourth-order valence-electron chi connectivity index (χ4n) is 0.277. The molecule has 0 aromatic carbocycles. The zero-order chi connectivity index (χ0) is 7.82. The third-order valence-corrected chi connectivity index (χ3v) is 0.702. The van der Waals surface area contributed by atoms with Gasteiger partial charge < -0.3 is 10.8 Å². The fraction of sp³-hybridized carbons (Fsp3) is 0.333. The highest BCUT2D eigenvalue weighted by Crippen LogP contribution is 1.69. The van der Waals surface area contributed by atoms with Crippen molar-refractivity contribution in [1.82, 2.24) is 0 Å². The van der Waals surface area contributed by atoms with Gasteiger partial charge in [0, 0.05) is 0 Å². The first-order chi connectivity index (χ1) is 4.81. The molecule has 0 radical (unpaired) electrons. The predicted octanol–water partition coefficient (Wildman–Crippen LogP) is -0.450. The number of hydrogen-bond donors (Lipinski definition) is 2. The van der Waals surface area contributed by atoms with Crippen molar-refractivity contribution in [3.8, 4) is 0 Å². The van der Waals surface area contributed by atoms with Crippen molar-refractivity contribution in [3.63, 3.8) is 0 Å². The van der Waals surface area contributed by atoms with Gasteiger partial charge in [0.1, 0.15) is 18.8 Å². The van der Waals surface area contributed by atoms with Crippen molar-refractivity contribution in [3.05, 3.63) is 12.7 Å². The Balaban J connectivity index is 3.58. The van der Waals surface area contributed by atoms with Crippen molar-refractivity contribution in [1.29, 1.82) is 0 Å². The number of rotatable bonds is 4. The minimum Gasteiger partial charge on any atom is -0.388 e. The Morgan fingerprint density at radius 3 is 2.90 bits per heavy atom. The van der Waals surface area contributed by atoms with Gasteiger partial charge in [0.15, 0.2) is 0 Å². The molecule has 56 valence electrons. The van der Waals surface area contributed by atoms with Gasteiger partial charge in [0.25, 0.3) is 0 Å². The summed E-state index contributed by atoms with van der Waals surface area (Å²) in [6.45, 7) is 3.73. The number of aliphatic hydroxyl groups excluding tert-OH is 1. The topological polar surface area (TPSA) is 71.0 Å². The molecule has 0 heterocycles. The molecule has 0 amide bonds. The second kappa shape index (κ2) is 5.97. The third kappa shape index (κ3) is 4.99. The molecule has 0 rings (SSSR count). The first-order valence-corrected chi connectivity index (χ1v) is 2.83. The van der Waals surface area contributed by atoms with Crippen LogP contribution < -0.4 is 5.73 Å². The highest BCUT2D eigenvalue weighted by molar-refractivity contribution is 5.88. The van der Waals surface area contributed by atoms with Crippen molar-refractivity contribution in [2.75, 3.05) is 13.2 Å². The maximum absolute atomic E-state index is 8.35. The Labute approximate surface area is 59.8 Å². The Bertz CT molecular complexity index is 151. The van der Waals surface area contributed by atoms with E-state index in [0.717, 1.165) is 0 Å². The van der Waals surface area contributed by atoms with Crippen LogP contribution in [0.5, 0.6) is 0 Å². The Kier molecular flexibility index (Phi) is 5.28. The normalized spacial score (nSPS) is 12.3. The minimum atomic E-state index is -0.236. The van der Waals surface area contributed by atoms with Gasteiger partial charge in [-0.25, -0.2) is 4.99 Å². The summed E-state index contributed by atoms with van der Waals surface area (Å²) in [6, 6.07) is 0. The van der Waals surface area contributed by atoms with Crippen molar-refractivity contribution >= 4 is 12.2 Å². The van der Waals surface area contributed by atoms with E-state index in [2.05, 4.69) is 16.6 Å². The first-order valence-electron chi connectivity index (χ1n) is 2.83. The summed E-state index contributed by atoms with van der Waals surface area (Å²) in [5, 5.41) is 8.35. The number of aliphatic hydroxyl groups is 1. The summed E-state index contributed by atoms with van der Waals surface area (Å²) in [4.78, 5) is 7.34. The lowest BCUT2D eigenvalue weighted by atomic mass is 10.6. The molecule has 4 heteroatoms. The smallest absolute Gasteiger partial charge is 0.127 e. The molecule has 0 aromatic rings. The summed E-state index contributed by atoms with van der Waals surface area (Å²) in [5.74, 6) is 0.160. The number of hydrogen-bond acceptors (Lipinski definition) is 2. The molecule has 0 aliphatic rings. The minimum absolute atomic E-state index is 0.160. The Hall–Kier alpha value is -1.16. The lowest BCUT2D eigenvalue weighted by molar-refractivity contribution is 0.356. The number of nitrogens with zero attached hydrogens (tertiary/aromatic N) is 2. The van der Waals surface area contributed by atoms with Crippen molar-refractivity contribution < 1.29 is 5.11 Å². The highest BCUT2D eigenvalue weighted by Gasteiger charge is 1.80. The van der Waals surface area contributed by atoms with E-state index in [-0.39, 0.29) is 12.4 Å². The molecular weight excluding hydrogens is 130 g/mol. The molecule has 0 bridgehead atoms. The van der Waals surface area contributed by atoms with Crippen LogP contribution in [0.1, 0.15) is 0 Å². The van der Waals surface area contributed by atoms with E-state index in [1.165, 1.54) is 6.34 Å². The van der Waals surface area contributed by atoms with Crippen LogP contribution in [-0.4, -0.2) is 30.4 Å². The predicted molar refractivity (Wildman–Crippen MR) is 42.3 cm³/mol. The number of nitrogens with two attached hydrogens (primary N) is 1. The summed E-state index contributed by atoms with van der Waals surface area (Å²) in [5.41, 5.74) is 5.14. The van der Waals surface area contributed by atoms with Crippen LogP contribution in [0.15, 0.2) is 22.6 Å². The molecule has 10 heavy (non-hydrogen) atoms. The van der Waals surface area contributed by atoms with Crippen LogP contribution in [-0.2, 0) is 0 Å². The van der Waals surface area contributed by atoms with Crippen molar-refractivity contribution in [2.45, 2.75) is 0 Å². The molecule has 0 unspecified atom stereocenters. The first kappa shape index (κ1) is 8.84. The van der Waals surface area contributed by atoms with Gasteiger partial charge in [-0.1, -0.05) is 6.08 Å². The van der Waals surface area contributed by atoms with Crippen LogP contribution in [0.2, 0.25) is 0 Å². The van der Waals surface area contributed by atoms with E-state index < -0.39 is 0 Å². The largest absolute Gasteiger partial charge is 0.388 e.